The molecular weight excluding hydrogens is 224 g/mol. The van der Waals surface area contributed by atoms with E-state index in [4.69, 9.17) is 4.42 Å². The minimum Gasteiger partial charge on any atom is -0.461 e. The van der Waals surface area contributed by atoms with Gasteiger partial charge < -0.3 is 4.42 Å². The Morgan fingerprint density at radius 3 is 3.12 bits per heavy atom. The van der Waals surface area contributed by atoms with Crippen LogP contribution < -0.4 is 0 Å². The predicted octanol–water partition coefficient (Wildman–Crippen LogP) is 2.05. The van der Waals surface area contributed by atoms with Crippen LogP contribution in [0, 0.1) is 0 Å². The minimum absolute atomic E-state index is 0.0114. The molecule has 5 heteroatoms. The van der Waals surface area contributed by atoms with Crippen LogP contribution in [0.1, 0.15) is 16.2 Å². The quantitative estimate of drug-likeness (QED) is 0.745. The van der Waals surface area contributed by atoms with Crippen LogP contribution >= 0.6 is 11.3 Å². The molecule has 0 atom stereocenters. The number of aromatic nitrogens is 1. The van der Waals surface area contributed by atoms with E-state index in [1.54, 1.807) is 29.0 Å². The van der Waals surface area contributed by atoms with Crippen molar-refractivity contribution in [3.8, 4) is 0 Å². The lowest BCUT2D eigenvalue weighted by Gasteiger charge is -2.12. The van der Waals surface area contributed by atoms with Gasteiger partial charge in [0.15, 0.2) is 5.76 Å². The van der Waals surface area contributed by atoms with Crippen molar-refractivity contribution in [2.24, 2.45) is 0 Å². The van der Waals surface area contributed by atoms with Gasteiger partial charge in [0.25, 0.3) is 0 Å². The summed E-state index contributed by atoms with van der Waals surface area (Å²) >= 11 is 1.56. The Hall–Kier alpha value is -1.46. The molecule has 84 valence electrons. The van der Waals surface area contributed by atoms with E-state index in [-0.39, 0.29) is 5.78 Å². The molecule has 2 aromatic rings. The maximum absolute atomic E-state index is 11.7. The molecule has 0 aromatic carbocycles. The number of carbonyl (C=O) groups excluding carboxylic acids is 1. The molecule has 0 saturated carbocycles. The molecule has 16 heavy (non-hydrogen) atoms. The second-order valence-electron chi connectivity index (χ2n) is 3.55. The van der Waals surface area contributed by atoms with E-state index in [1.165, 1.54) is 6.26 Å². The van der Waals surface area contributed by atoms with Crippen LogP contribution in [0.3, 0.4) is 0 Å². The maximum Gasteiger partial charge on any atom is 0.211 e. The van der Waals surface area contributed by atoms with Gasteiger partial charge in [0, 0.05) is 11.9 Å². The highest BCUT2D eigenvalue weighted by atomic mass is 32.1. The van der Waals surface area contributed by atoms with E-state index in [0.29, 0.717) is 18.8 Å². The number of hydrogen-bond donors (Lipinski definition) is 0. The number of thiazole rings is 1. The number of hydrogen-bond acceptors (Lipinski definition) is 5. The second kappa shape index (κ2) is 5.05. The summed E-state index contributed by atoms with van der Waals surface area (Å²) in [4.78, 5) is 17.8. The first-order valence-electron chi connectivity index (χ1n) is 4.88. The Labute approximate surface area is 97.5 Å². The summed E-state index contributed by atoms with van der Waals surface area (Å²) in [6, 6.07) is 3.40. The minimum atomic E-state index is -0.0114. The summed E-state index contributed by atoms with van der Waals surface area (Å²) < 4.78 is 5.04. The van der Waals surface area contributed by atoms with Crippen LogP contribution in [-0.2, 0) is 6.54 Å². The molecule has 2 heterocycles. The number of rotatable bonds is 5. The van der Waals surface area contributed by atoms with Crippen LogP contribution in [0.5, 0.6) is 0 Å². The van der Waals surface area contributed by atoms with Crippen LogP contribution in [-0.4, -0.2) is 29.3 Å². The number of Topliss-reactive ketones (excluding diaryl/α,β-unsaturated/α-hetero) is 1. The predicted molar refractivity (Wildman–Crippen MR) is 61.5 cm³/mol. The molecule has 0 spiro atoms. The summed E-state index contributed by atoms with van der Waals surface area (Å²) in [6.45, 7) is 1.01. The molecule has 0 aliphatic heterocycles. The Balaban J connectivity index is 1.88. The molecule has 0 fully saturated rings. The first kappa shape index (κ1) is 11.0. The van der Waals surface area contributed by atoms with Gasteiger partial charge in [-0.2, -0.15) is 0 Å². The van der Waals surface area contributed by atoms with Crippen molar-refractivity contribution in [1.29, 1.82) is 0 Å². The van der Waals surface area contributed by atoms with Gasteiger partial charge in [-0.3, -0.25) is 9.69 Å². The van der Waals surface area contributed by atoms with Crippen molar-refractivity contribution in [3.05, 3.63) is 40.7 Å². The fourth-order valence-electron chi connectivity index (χ4n) is 1.41. The van der Waals surface area contributed by atoms with Gasteiger partial charge in [-0.05, 0) is 19.2 Å². The monoisotopic (exact) mass is 236 g/mol. The Kier molecular flexibility index (Phi) is 3.48. The Bertz CT molecular complexity index is 437. The van der Waals surface area contributed by atoms with Crippen LogP contribution in [0.25, 0.3) is 0 Å². The zero-order chi connectivity index (χ0) is 11.4. The smallest absolute Gasteiger partial charge is 0.211 e. The number of nitrogens with zero attached hydrogens (tertiary/aromatic N) is 2. The summed E-state index contributed by atoms with van der Waals surface area (Å²) in [6.07, 6.45) is 1.51. The Morgan fingerprint density at radius 2 is 2.50 bits per heavy atom. The number of carbonyl (C=O) groups is 1. The molecule has 4 nitrogen and oxygen atoms in total. The molecule has 0 radical (unpaired) electrons. The van der Waals surface area contributed by atoms with Crippen molar-refractivity contribution >= 4 is 17.1 Å². The first-order valence-corrected chi connectivity index (χ1v) is 5.82. The highest BCUT2D eigenvalue weighted by Gasteiger charge is 2.12. The molecule has 0 unspecified atom stereocenters. The third kappa shape index (κ3) is 2.77. The van der Waals surface area contributed by atoms with E-state index < -0.39 is 0 Å². The average Bonchev–Trinajstić information content (AvgIpc) is 2.88. The van der Waals surface area contributed by atoms with Crippen molar-refractivity contribution in [1.82, 2.24) is 9.88 Å². The van der Waals surface area contributed by atoms with Crippen LogP contribution in [0.4, 0.5) is 0 Å². The molecule has 0 aliphatic carbocycles. The average molecular weight is 236 g/mol. The lowest BCUT2D eigenvalue weighted by atomic mass is 10.3. The fourth-order valence-corrected chi connectivity index (χ4v) is 1.96. The molecule has 0 saturated heterocycles. The molecular formula is C11H12N2O2S. The van der Waals surface area contributed by atoms with E-state index in [0.717, 1.165) is 5.69 Å². The lowest BCUT2D eigenvalue weighted by molar-refractivity contribution is 0.0915. The largest absolute Gasteiger partial charge is 0.461 e. The van der Waals surface area contributed by atoms with Gasteiger partial charge in [0.1, 0.15) is 0 Å². The second-order valence-corrected chi connectivity index (χ2v) is 4.27. The van der Waals surface area contributed by atoms with E-state index in [9.17, 15) is 4.79 Å². The number of furan rings is 1. The lowest BCUT2D eigenvalue weighted by Crippen LogP contribution is -2.25. The van der Waals surface area contributed by atoms with Gasteiger partial charge >= 0.3 is 0 Å². The first-order chi connectivity index (χ1) is 7.75. The number of likely N-dealkylation sites (N-methyl/N-ethyl adjacent to an activating group) is 1. The van der Waals surface area contributed by atoms with Gasteiger partial charge in [0.2, 0.25) is 5.78 Å². The fraction of sp³-hybridized carbons (Fsp3) is 0.273. The highest BCUT2D eigenvalue weighted by molar-refractivity contribution is 7.07. The SMILES string of the molecule is CN(CC(=O)c1ccco1)Cc1cscn1. The van der Waals surface area contributed by atoms with Crippen molar-refractivity contribution < 1.29 is 9.21 Å². The molecule has 0 N–H and O–H groups in total. The molecule has 0 bridgehead atoms. The van der Waals surface area contributed by atoms with Crippen molar-refractivity contribution in [2.75, 3.05) is 13.6 Å². The third-order valence-electron chi connectivity index (χ3n) is 2.12. The van der Waals surface area contributed by atoms with Gasteiger partial charge in [-0.1, -0.05) is 0 Å². The number of ketones is 1. The summed E-state index contributed by atoms with van der Waals surface area (Å²) in [5, 5.41) is 1.98. The molecule has 2 aromatic heterocycles. The molecule has 0 amide bonds. The zero-order valence-corrected chi connectivity index (χ0v) is 9.74. The van der Waals surface area contributed by atoms with Crippen LogP contribution in [0.2, 0.25) is 0 Å². The third-order valence-corrected chi connectivity index (χ3v) is 2.76. The van der Waals surface area contributed by atoms with Gasteiger partial charge in [0.05, 0.1) is 24.0 Å². The standard InChI is InChI=1S/C11H12N2O2S/c1-13(5-9-7-16-8-12-9)6-10(14)11-3-2-4-15-11/h2-4,7-8H,5-6H2,1H3. The van der Waals surface area contributed by atoms with E-state index >= 15 is 0 Å². The van der Waals surface area contributed by atoms with Crippen molar-refractivity contribution in [2.45, 2.75) is 6.54 Å². The Morgan fingerprint density at radius 1 is 1.62 bits per heavy atom. The van der Waals surface area contributed by atoms with E-state index in [1.807, 2.05) is 17.3 Å². The van der Waals surface area contributed by atoms with E-state index in [2.05, 4.69) is 4.98 Å². The normalized spacial score (nSPS) is 10.9. The zero-order valence-electron chi connectivity index (χ0n) is 8.92. The molecule has 2 rings (SSSR count). The van der Waals surface area contributed by atoms with Gasteiger partial charge in [-0.15, -0.1) is 11.3 Å². The van der Waals surface area contributed by atoms with Crippen LogP contribution in [0.15, 0.2) is 33.7 Å². The molecule has 0 aliphatic rings. The summed E-state index contributed by atoms with van der Waals surface area (Å²) in [5.74, 6) is 0.396. The topological polar surface area (TPSA) is 46.3 Å². The summed E-state index contributed by atoms with van der Waals surface area (Å²) in [5.41, 5.74) is 2.78. The van der Waals surface area contributed by atoms with Gasteiger partial charge in [-0.25, -0.2) is 4.98 Å². The van der Waals surface area contributed by atoms with Crippen molar-refractivity contribution in [3.63, 3.8) is 0 Å². The highest BCUT2D eigenvalue weighted by Crippen LogP contribution is 2.06. The maximum atomic E-state index is 11.7. The summed E-state index contributed by atoms with van der Waals surface area (Å²) in [7, 11) is 1.89.